The summed E-state index contributed by atoms with van der Waals surface area (Å²) in [6.45, 7) is 1.43. The third-order valence-electron chi connectivity index (χ3n) is 2.82. The quantitative estimate of drug-likeness (QED) is 0.738. The average Bonchev–Trinajstić information content (AvgIpc) is 2.43. The summed E-state index contributed by atoms with van der Waals surface area (Å²) in [5.74, 6) is 1.99. The van der Waals surface area contributed by atoms with Gasteiger partial charge >= 0.3 is 0 Å². The van der Waals surface area contributed by atoms with E-state index >= 15 is 0 Å². The van der Waals surface area contributed by atoms with Gasteiger partial charge < -0.3 is 19.9 Å². The van der Waals surface area contributed by atoms with Crippen molar-refractivity contribution in [2.24, 2.45) is 5.73 Å². The molecule has 0 heterocycles. The van der Waals surface area contributed by atoms with Crippen LogP contribution < -0.4 is 19.9 Å². The van der Waals surface area contributed by atoms with Gasteiger partial charge in [-0.1, -0.05) is 0 Å². The topological polar surface area (TPSA) is 57.0 Å². The lowest BCUT2D eigenvalue weighted by Crippen LogP contribution is -2.27. The summed E-state index contributed by atoms with van der Waals surface area (Å²) in [6, 6.07) is 3.93. The first-order chi connectivity index (χ1) is 8.65. The van der Waals surface area contributed by atoms with E-state index in [-0.39, 0.29) is 0 Å². The van der Waals surface area contributed by atoms with Crippen LogP contribution in [0.1, 0.15) is 5.56 Å². The number of nitrogens with two attached hydrogens (primary N) is 1. The molecule has 0 aliphatic heterocycles. The maximum absolute atomic E-state index is 5.55. The summed E-state index contributed by atoms with van der Waals surface area (Å²) >= 11 is 0. The molecule has 0 saturated carbocycles. The van der Waals surface area contributed by atoms with Gasteiger partial charge in [0, 0.05) is 13.2 Å². The fraction of sp³-hybridized carbons (Fsp3) is 0.538. The molecular weight excluding hydrogens is 232 g/mol. The molecule has 1 aromatic carbocycles. The number of likely N-dealkylation sites (N-methyl/N-ethyl adjacent to an activating group) is 1. The van der Waals surface area contributed by atoms with Crippen LogP contribution in [0.4, 0.5) is 0 Å². The largest absolute Gasteiger partial charge is 0.493 e. The summed E-state index contributed by atoms with van der Waals surface area (Å²) in [4.78, 5) is 2.04. The number of methoxy groups -OCH3 is 3. The highest BCUT2D eigenvalue weighted by Crippen LogP contribution is 2.38. The highest BCUT2D eigenvalue weighted by molar-refractivity contribution is 5.53. The molecule has 0 aliphatic rings. The minimum atomic E-state index is 0.546. The number of hydrogen-bond acceptors (Lipinski definition) is 5. The second-order valence-electron chi connectivity index (χ2n) is 4.05. The Hall–Kier alpha value is -1.46. The highest BCUT2D eigenvalue weighted by atomic mass is 16.5. The Morgan fingerprint density at radius 3 is 2.00 bits per heavy atom. The maximum Gasteiger partial charge on any atom is 0.203 e. The third-order valence-corrected chi connectivity index (χ3v) is 2.82. The molecule has 102 valence electrons. The number of rotatable bonds is 7. The van der Waals surface area contributed by atoms with Crippen LogP contribution in [0.3, 0.4) is 0 Å². The van der Waals surface area contributed by atoms with Crippen molar-refractivity contribution in [2.75, 3.05) is 41.6 Å². The van der Waals surface area contributed by atoms with Gasteiger partial charge in [0.1, 0.15) is 0 Å². The maximum atomic E-state index is 5.55. The molecule has 1 rings (SSSR count). The van der Waals surface area contributed by atoms with Gasteiger partial charge in [0.15, 0.2) is 11.5 Å². The zero-order valence-electron chi connectivity index (χ0n) is 11.5. The predicted molar refractivity (Wildman–Crippen MR) is 71.5 cm³/mol. The van der Waals surface area contributed by atoms with E-state index in [1.165, 1.54) is 0 Å². The fourth-order valence-corrected chi connectivity index (χ4v) is 1.69. The highest BCUT2D eigenvalue weighted by Gasteiger charge is 2.13. The predicted octanol–water partition coefficient (Wildman–Crippen LogP) is 1.10. The summed E-state index contributed by atoms with van der Waals surface area (Å²) in [6.07, 6.45) is 0.879. The van der Waals surface area contributed by atoms with E-state index in [1.807, 2.05) is 24.1 Å². The molecule has 0 aromatic heterocycles. The Morgan fingerprint density at radius 2 is 1.61 bits per heavy atom. The summed E-state index contributed by atoms with van der Waals surface area (Å²) < 4.78 is 15.9. The molecule has 0 spiro atoms. The van der Waals surface area contributed by atoms with Gasteiger partial charge in [-0.05, 0) is 31.2 Å². The Kier molecular flexibility index (Phi) is 5.74. The van der Waals surface area contributed by atoms with Gasteiger partial charge in [-0.25, -0.2) is 0 Å². The van der Waals surface area contributed by atoms with Crippen LogP contribution in [0.5, 0.6) is 17.2 Å². The lowest BCUT2D eigenvalue weighted by atomic mass is 10.1. The monoisotopic (exact) mass is 254 g/mol. The van der Waals surface area contributed by atoms with Crippen molar-refractivity contribution in [1.82, 2.24) is 4.90 Å². The summed E-state index contributed by atoms with van der Waals surface area (Å²) in [5, 5.41) is 0. The standard InChI is InChI=1S/C13H22N2O3/c1-15(9-14)6-5-10-7-11(16-2)13(18-4)12(8-10)17-3/h7-8H,5-6,9,14H2,1-4H3. The third kappa shape index (κ3) is 3.51. The molecule has 0 saturated heterocycles. The van der Waals surface area contributed by atoms with E-state index < -0.39 is 0 Å². The van der Waals surface area contributed by atoms with Crippen molar-refractivity contribution >= 4 is 0 Å². The lowest BCUT2D eigenvalue weighted by molar-refractivity contribution is 0.322. The Labute approximate surface area is 108 Å². The zero-order chi connectivity index (χ0) is 13.5. The molecule has 2 N–H and O–H groups in total. The Balaban J connectivity index is 2.93. The Morgan fingerprint density at radius 1 is 1.06 bits per heavy atom. The van der Waals surface area contributed by atoms with Crippen molar-refractivity contribution in [2.45, 2.75) is 6.42 Å². The van der Waals surface area contributed by atoms with E-state index in [4.69, 9.17) is 19.9 Å². The van der Waals surface area contributed by atoms with Gasteiger partial charge in [0.05, 0.1) is 21.3 Å². The molecule has 0 aliphatic carbocycles. The Bertz CT molecular complexity index is 357. The van der Waals surface area contributed by atoms with Crippen LogP contribution in [-0.2, 0) is 6.42 Å². The smallest absolute Gasteiger partial charge is 0.203 e. The van der Waals surface area contributed by atoms with Crippen LogP contribution in [0.25, 0.3) is 0 Å². The van der Waals surface area contributed by atoms with E-state index in [9.17, 15) is 0 Å². The van der Waals surface area contributed by atoms with Gasteiger partial charge in [-0.15, -0.1) is 0 Å². The van der Waals surface area contributed by atoms with Crippen molar-refractivity contribution < 1.29 is 14.2 Å². The van der Waals surface area contributed by atoms with E-state index in [0.717, 1.165) is 18.5 Å². The number of ether oxygens (including phenoxy) is 3. The second-order valence-corrected chi connectivity index (χ2v) is 4.05. The molecule has 5 heteroatoms. The van der Waals surface area contributed by atoms with Crippen LogP contribution in [0.2, 0.25) is 0 Å². The fourth-order valence-electron chi connectivity index (χ4n) is 1.69. The molecule has 0 bridgehead atoms. The molecule has 1 aromatic rings. The van der Waals surface area contributed by atoms with Crippen molar-refractivity contribution in [3.05, 3.63) is 17.7 Å². The molecular formula is C13H22N2O3. The second kappa shape index (κ2) is 7.08. The number of nitrogens with zero attached hydrogens (tertiary/aromatic N) is 1. The normalized spacial score (nSPS) is 10.6. The van der Waals surface area contributed by atoms with Gasteiger partial charge in [0.25, 0.3) is 0 Å². The van der Waals surface area contributed by atoms with Gasteiger partial charge in [-0.3, -0.25) is 4.90 Å². The van der Waals surface area contributed by atoms with E-state index in [1.54, 1.807) is 21.3 Å². The SMILES string of the molecule is COc1cc(CCN(C)CN)cc(OC)c1OC. The van der Waals surface area contributed by atoms with E-state index in [2.05, 4.69) is 0 Å². The van der Waals surface area contributed by atoms with Crippen molar-refractivity contribution in [1.29, 1.82) is 0 Å². The molecule has 0 amide bonds. The van der Waals surface area contributed by atoms with Gasteiger partial charge in [-0.2, -0.15) is 0 Å². The van der Waals surface area contributed by atoms with E-state index in [0.29, 0.717) is 23.9 Å². The molecule has 18 heavy (non-hydrogen) atoms. The molecule has 0 fully saturated rings. The number of hydrogen-bond donors (Lipinski definition) is 1. The first-order valence-corrected chi connectivity index (χ1v) is 5.83. The van der Waals surface area contributed by atoms with Crippen LogP contribution >= 0.6 is 0 Å². The number of benzene rings is 1. The van der Waals surface area contributed by atoms with Crippen LogP contribution in [0.15, 0.2) is 12.1 Å². The minimum Gasteiger partial charge on any atom is -0.493 e. The molecule has 0 atom stereocenters. The minimum absolute atomic E-state index is 0.546. The molecule has 0 unspecified atom stereocenters. The van der Waals surface area contributed by atoms with Gasteiger partial charge in [0.2, 0.25) is 5.75 Å². The van der Waals surface area contributed by atoms with Crippen molar-refractivity contribution in [3.63, 3.8) is 0 Å². The average molecular weight is 254 g/mol. The first kappa shape index (κ1) is 14.6. The van der Waals surface area contributed by atoms with Crippen LogP contribution in [0, 0.1) is 0 Å². The van der Waals surface area contributed by atoms with Crippen LogP contribution in [-0.4, -0.2) is 46.5 Å². The first-order valence-electron chi connectivity index (χ1n) is 5.83. The zero-order valence-corrected chi connectivity index (χ0v) is 11.5. The lowest BCUT2D eigenvalue weighted by Gasteiger charge is -2.16. The molecule has 5 nitrogen and oxygen atoms in total. The molecule has 0 radical (unpaired) electrons. The summed E-state index contributed by atoms with van der Waals surface area (Å²) in [7, 11) is 6.82. The summed E-state index contributed by atoms with van der Waals surface area (Å²) in [5.41, 5.74) is 6.68. The van der Waals surface area contributed by atoms with Crippen molar-refractivity contribution in [3.8, 4) is 17.2 Å².